The summed E-state index contributed by atoms with van der Waals surface area (Å²) in [6.45, 7) is 6.83. The molecule has 1 aliphatic heterocycles. The largest absolute Gasteiger partial charge is 0.378 e. The Balaban J connectivity index is 1.79. The second kappa shape index (κ2) is 7.76. The number of hydrogen-bond donors (Lipinski definition) is 1. The number of nitrogens with two attached hydrogens (primary N) is 1. The van der Waals surface area contributed by atoms with Crippen LogP contribution in [0.3, 0.4) is 0 Å². The van der Waals surface area contributed by atoms with Gasteiger partial charge in [-0.1, -0.05) is 0 Å². The summed E-state index contributed by atoms with van der Waals surface area (Å²) in [5.41, 5.74) is 7.01. The number of thiophene rings is 1. The lowest BCUT2D eigenvalue weighted by atomic mass is 10.1. The van der Waals surface area contributed by atoms with Crippen molar-refractivity contribution in [2.75, 3.05) is 31.6 Å². The van der Waals surface area contributed by atoms with E-state index < -0.39 is 0 Å². The molecular weight excluding hydrogens is 320 g/mol. The maximum atomic E-state index is 5.73. The fraction of sp³-hybridized carbons (Fsp3) is 0.667. The van der Waals surface area contributed by atoms with Crippen LogP contribution in [0.5, 0.6) is 0 Å². The van der Waals surface area contributed by atoms with E-state index in [1.54, 1.807) is 11.3 Å². The minimum absolute atomic E-state index is 0.460. The summed E-state index contributed by atoms with van der Waals surface area (Å²) in [5.74, 6) is 1.91. The van der Waals surface area contributed by atoms with Crippen molar-refractivity contribution >= 4 is 27.4 Å². The van der Waals surface area contributed by atoms with Crippen molar-refractivity contribution in [2.24, 2.45) is 5.73 Å². The van der Waals surface area contributed by atoms with Crippen LogP contribution in [0.2, 0.25) is 0 Å². The van der Waals surface area contributed by atoms with Gasteiger partial charge in [0.1, 0.15) is 16.5 Å². The Labute approximate surface area is 148 Å². The second-order valence-corrected chi connectivity index (χ2v) is 7.87. The molecule has 0 spiro atoms. The van der Waals surface area contributed by atoms with E-state index in [1.807, 2.05) is 0 Å². The highest BCUT2D eigenvalue weighted by atomic mass is 32.1. The molecule has 0 aliphatic carbocycles. The Kier molecular flexibility index (Phi) is 5.69. The van der Waals surface area contributed by atoms with Crippen LogP contribution in [-0.4, -0.2) is 42.8 Å². The van der Waals surface area contributed by atoms with E-state index in [0.717, 1.165) is 48.9 Å². The molecule has 0 amide bonds. The molecular formula is C18H28N4OS. The fourth-order valence-corrected chi connectivity index (χ4v) is 4.37. The van der Waals surface area contributed by atoms with Crippen molar-refractivity contribution in [3.8, 4) is 0 Å². The predicted octanol–water partition coefficient (Wildman–Crippen LogP) is 3.20. The van der Waals surface area contributed by atoms with Crippen LogP contribution < -0.4 is 10.6 Å². The summed E-state index contributed by atoms with van der Waals surface area (Å²) in [6, 6.07) is 0. The summed E-state index contributed by atoms with van der Waals surface area (Å²) in [4.78, 5) is 14.2. The van der Waals surface area contributed by atoms with Gasteiger partial charge in [-0.05, 0) is 51.6 Å². The Hall–Kier alpha value is -1.24. The molecule has 1 saturated heterocycles. The summed E-state index contributed by atoms with van der Waals surface area (Å²) >= 11 is 1.76. The maximum absolute atomic E-state index is 5.73. The topological polar surface area (TPSA) is 64.3 Å². The number of nitrogens with zero attached hydrogens (tertiary/aromatic N) is 3. The number of ether oxygens (including phenoxy) is 1. The maximum Gasteiger partial charge on any atom is 0.141 e. The SMILES string of the molecule is Cc1sc2nc(CCN)nc(N(C)CCC[C@H]3CCCO3)c2c1C. The van der Waals surface area contributed by atoms with Crippen molar-refractivity contribution < 1.29 is 4.74 Å². The number of aryl methyl sites for hydroxylation is 2. The smallest absolute Gasteiger partial charge is 0.141 e. The molecule has 2 N–H and O–H groups in total. The lowest BCUT2D eigenvalue weighted by Crippen LogP contribution is -2.22. The van der Waals surface area contributed by atoms with Gasteiger partial charge in [0.05, 0.1) is 11.5 Å². The highest BCUT2D eigenvalue weighted by Gasteiger charge is 2.18. The van der Waals surface area contributed by atoms with Crippen molar-refractivity contribution in [3.63, 3.8) is 0 Å². The van der Waals surface area contributed by atoms with Crippen LogP contribution in [0, 0.1) is 13.8 Å². The van der Waals surface area contributed by atoms with Crippen LogP contribution in [0.4, 0.5) is 5.82 Å². The molecule has 1 fully saturated rings. The highest BCUT2D eigenvalue weighted by Crippen LogP contribution is 2.34. The third-order valence-corrected chi connectivity index (χ3v) is 5.93. The Morgan fingerprint density at radius 3 is 2.88 bits per heavy atom. The number of rotatable bonds is 7. The first kappa shape index (κ1) is 17.6. The van der Waals surface area contributed by atoms with E-state index in [0.29, 0.717) is 12.6 Å². The first-order chi connectivity index (χ1) is 11.6. The van der Waals surface area contributed by atoms with E-state index in [-0.39, 0.29) is 0 Å². The molecule has 2 aromatic heterocycles. The molecule has 5 nitrogen and oxygen atoms in total. The molecule has 0 bridgehead atoms. The second-order valence-electron chi connectivity index (χ2n) is 6.66. The molecule has 1 aliphatic rings. The minimum Gasteiger partial charge on any atom is -0.378 e. The monoisotopic (exact) mass is 348 g/mol. The van der Waals surface area contributed by atoms with Crippen molar-refractivity contribution in [2.45, 2.75) is 52.1 Å². The first-order valence-electron chi connectivity index (χ1n) is 8.89. The number of fused-ring (bicyclic) bond motifs is 1. The van der Waals surface area contributed by atoms with Gasteiger partial charge in [0.15, 0.2) is 0 Å². The van der Waals surface area contributed by atoms with Crippen molar-refractivity contribution in [1.29, 1.82) is 0 Å². The zero-order chi connectivity index (χ0) is 17.1. The van der Waals surface area contributed by atoms with E-state index in [2.05, 4.69) is 25.8 Å². The summed E-state index contributed by atoms with van der Waals surface area (Å²) in [6.07, 6.45) is 5.87. The Morgan fingerprint density at radius 1 is 1.33 bits per heavy atom. The van der Waals surface area contributed by atoms with Gasteiger partial charge in [-0.25, -0.2) is 9.97 Å². The van der Waals surface area contributed by atoms with Gasteiger partial charge in [0.25, 0.3) is 0 Å². The lowest BCUT2D eigenvalue weighted by molar-refractivity contribution is 0.103. The van der Waals surface area contributed by atoms with Crippen LogP contribution in [-0.2, 0) is 11.2 Å². The number of aromatic nitrogens is 2. The van der Waals surface area contributed by atoms with Gasteiger partial charge in [0.2, 0.25) is 0 Å². The molecule has 2 aromatic rings. The third kappa shape index (κ3) is 3.71. The molecule has 3 heterocycles. The van der Waals surface area contributed by atoms with E-state index >= 15 is 0 Å². The number of anilines is 1. The average molecular weight is 349 g/mol. The lowest BCUT2D eigenvalue weighted by Gasteiger charge is -2.21. The van der Waals surface area contributed by atoms with Gasteiger partial charge in [-0.2, -0.15) is 0 Å². The quantitative estimate of drug-likeness (QED) is 0.832. The molecule has 0 radical (unpaired) electrons. The van der Waals surface area contributed by atoms with Gasteiger partial charge in [0, 0.05) is 31.5 Å². The Bertz CT molecular complexity index is 694. The van der Waals surface area contributed by atoms with Crippen molar-refractivity contribution in [3.05, 3.63) is 16.3 Å². The van der Waals surface area contributed by atoms with E-state index in [1.165, 1.54) is 28.7 Å². The summed E-state index contributed by atoms with van der Waals surface area (Å²) in [7, 11) is 2.13. The molecule has 24 heavy (non-hydrogen) atoms. The molecule has 6 heteroatoms. The molecule has 3 rings (SSSR count). The van der Waals surface area contributed by atoms with Gasteiger partial charge < -0.3 is 15.4 Å². The van der Waals surface area contributed by atoms with Crippen molar-refractivity contribution in [1.82, 2.24) is 9.97 Å². The molecule has 1 atom stereocenters. The zero-order valence-corrected chi connectivity index (χ0v) is 15.8. The van der Waals surface area contributed by atoms with Gasteiger partial charge in [-0.3, -0.25) is 0 Å². The third-order valence-electron chi connectivity index (χ3n) is 4.83. The first-order valence-corrected chi connectivity index (χ1v) is 9.71. The van der Waals surface area contributed by atoms with Crippen LogP contribution in [0.15, 0.2) is 0 Å². The standard InChI is InChI=1S/C18H28N4OS/c1-12-13(2)24-18-16(12)17(20-15(21-18)8-9-19)22(3)10-4-6-14-7-5-11-23-14/h14H,4-11,19H2,1-3H3/t14-/m0/s1. The summed E-state index contributed by atoms with van der Waals surface area (Å²) < 4.78 is 5.73. The van der Waals surface area contributed by atoms with Crippen LogP contribution in [0.1, 0.15) is 41.9 Å². The van der Waals surface area contributed by atoms with E-state index in [9.17, 15) is 0 Å². The number of hydrogen-bond acceptors (Lipinski definition) is 6. The molecule has 132 valence electrons. The minimum atomic E-state index is 0.460. The van der Waals surface area contributed by atoms with Gasteiger partial charge in [-0.15, -0.1) is 11.3 Å². The fourth-order valence-electron chi connectivity index (χ4n) is 3.32. The summed E-state index contributed by atoms with van der Waals surface area (Å²) in [5, 5.41) is 1.21. The molecule has 0 aromatic carbocycles. The van der Waals surface area contributed by atoms with E-state index in [4.69, 9.17) is 20.4 Å². The average Bonchev–Trinajstić information content (AvgIpc) is 3.16. The zero-order valence-electron chi connectivity index (χ0n) is 15.0. The van der Waals surface area contributed by atoms with Gasteiger partial charge >= 0.3 is 0 Å². The predicted molar refractivity (Wildman–Crippen MR) is 101 cm³/mol. The molecule has 0 unspecified atom stereocenters. The highest BCUT2D eigenvalue weighted by molar-refractivity contribution is 7.18. The normalized spacial score (nSPS) is 17.8. The van der Waals surface area contributed by atoms with Crippen LogP contribution >= 0.6 is 11.3 Å². The molecule has 0 saturated carbocycles. The Morgan fingerprint density at radius 2 is 2.17 bits per heavy atom. The van der Waals surface area contributed by atoms with Crippen LogP contribution in [0.25, 0.3) is 10.2 Å².